The first-order chi connectivity index (χ1) is 19.1. The molecule has 1 N–H and O–H groups in total. The van der Waals surface area contributed by atoms with E-state index in [0.717, 1.165) is 73.2 Å². The number of methoxy groups -OCH3 is 1. The van der Waals surface area contributed by atoms with Crippen molar-refractivity contribution in [3.8, 4) is 11.5 Å². The molecule has 2 heterocycles. The summed E-state index contributed by atoms with van der Waals surface area (Å²) >= 11 is 0. The quantitative estimate of drug-likeness (QED) is 0.357. The molecule has 1 aromatic heterocycles. The third kappa shape index (κ3) is 5.23. The van der Waals surface area contributed by atoms with Crippen LogP contribution in [-0.4, -0.2) is 35.1 Å². The number of fused-ring (bicyclic) bond motifs is 1. The van der Waals surface area contributed by atoms with E-state index in [9.17, 15) is 0 Å². The van der Waals surface area contributed by atoms with Gasteiger partial charge in [0.1, 0.15) is 18.8 Å². The van der Waals surface area contributed by atoms with E-state index in [0.29, 0.717) is 12.0 Å². The maximum Gasteiger partial charge on any atom is 0.161 e. The smallest absolute Gasteiger partial charge is 0.161 e. The Morgan fingerprint density at radius 1 is 0.923 bits per heavy atom. The Morgan fingerprint density at radius 2 is 1.69 bits per heavy atom. The van der Waals surface area contributed by atoms with Gasteiger partial charge in [0.15, 0.2) is 11.5 Å². The van der Waals surface area contributed by atoms with Gasteiger partial charge in [-0.2, -0.15) is 0 Å². The lowest BCUT2D eigenvalue weighted by molar-refractivity contribution is -0.0444. The van der Waals surface area contributed by atoms with Gasteiger partial charge in [-0.25, -0.2) is 9.97 Å². The van der Waals surface area contributed by atoms with Crippen LogP contribution in [0.15, 0.2) is 54.9 Å². The lowest BCUT2D eigenvalue weighted by atomic mass is 9.49. The number of benzene rings is 2. The number of rotatable bonds is 9. The minimum absolute atomic E-state index is 0.502. The summed E-state index contributed by atoms with van der Waals surface area (Å²) in [7, 11) is 1.69. The minimum Gasteiger partial charge on any atom is -0.493 e. The third-order valence-corrected chi connectivity index (χ3v) is 9.75. The average molecular weight is 525 g/mol. The molecule has 6 nitrogen and oxygen atoms in total. The van der Waals surface area contributed by atoms with E-state index in [1.165, 1.54) is 55.3 Å². The van der Waals surface area contributed by atoms with Crippen LogP contribution in [0.3, 0.4) is 0 Å². The highest BCUT2D eigenvalue weighted by atomic mass is 16.5. The van der Waals surface area contributed by atoms with Crippen LogP contribution in [0.2, 0.25) is 0 Å². The van der Waals surface area contributed by atoms with Gasteiger partial charge in [0.05, 0.1) is 12.8 Å². The molecule has 0 atom stereocenters. The zero-order valence-corrected chi connectivity index (χ0v) is 23.1. The molecule has 4 saturated carbocycles. The van der Waals surface area contributed by atoms with Gasteiger partial charge in [0, 0.05) is 31.7 Å². The zero-order chi connectivity index (χ0) is 26.2. The summed E-state index contributed by atoms with van der Waals surface area (Å²) in [5.74, 6) is 5.57. The van der Waals surface area contributed by atoms with Gasteiger partial charge in [-0.1, -0.05) is 36.4 Å². The van der Waals surface area contributed by atoms with Gasteiger partial charge >= 0.3 is 0 Å². The second kappa shape index (κ2) is 10.5. The molecule has 0 saturated heterocycles. The molecule has 0 radical (unpaired) electrons. The molecule has 204 valence electrons. The van der Waals surface area contributed by atoms with Crippen LogP contribution in [-0.2, 0) is 26.1 Å². The number of hydrogen-bond donors (Lipinski definition) is 1. The fourth-order valence-corrected chi connectivity index (χ4v) is 8.40. The van der Waals surface area contributed by atoms with E-state index in [-0.39, 0.29) is 0 Å². The van der Waals surface area contributed by atoms with E-state index >= 15 is 0 Å². The van der Waals surface area contributed by atoms with Gasteiger partial charge in [-0.15, -0.1) is 0 Å². The van der Waals surface area contributed by atoms with Crippen molar-refractivity contribution in [1.82, 2.24) is 14.9 Å². The predicted molar refractivity (Wildman–Crippen MR) is 153 cm³/mol. The Hall–Kier alpha value is -3.12. The van der Waals surface area contributed by atoms with Crippen molar-refractivity contribution in [3.63, 3.8) is 0 Å². The molecule has 39 heavy (non-hydrogen) atoms. The van der Waals surface area contributed by atoms with E-state index in [4.69, 9.17) is 19.4 Å². The van der Waals surface area contributed by atoms with E-state index < -0.39 is 0 Å². The molecule has 0 amide bonds. The first kappa shape index (κ1) is 24.9. The molecule has 6 heteroatoms. The summed E-state index contributed by atoms with van der Waals surface area (Å²) in [6.07, 6.45) is 11.5. The molecule has 3 aromatic rings. The van der Waals surface area contributed by atoms with Crippen LogP contribution in [0.1, 0.15) is 60.9 Å². The van der Waals surface area contributed by atoms with Crippen LogP contribution < -0.4 is 14.8 Å². The van der Waals surface area contributed by atoms with Crippen molar-refractivity contribution in [2.75, 3.05) is 25.5 Å². The number of anilines is 1. The summed E-state index contributed by atoms with van der Waals surface area (Å²) < 4.78 is 11.7. The van der Waals surface area contributed by atoms with Gasteiger partial charge in [0.25, 0.3) is 0 Å². The maximum atomic E-state index is 6.16. The number of aromatic nitrogens is 2. The first-order valence-electron chi connectivity index (χ1n) is 14.8. The van der Waals surface area contributed by atoms with Gasteiger partial charge in [-0.3, -0.25) is 4.90 Å². The molecule has 5 aliphatic rings. The average Bonchev–Trinajstić information content (AvgIpc) is 2.95. The monoisotopic (exact) mass is 524 g/mol. The van der Waals surface area contributed by atoms with Crippen LogP contribution in [0.5, 0.6) is 11.5 Å². The van der Waals surface area contributed by atoms with Gasteiger partial charge in [0.2, 0.25) is 0 Å². The summed E-state index contributed by atoms with van der Waals surface area (Å²) in [5, 5.41) is 3.84. The number of ether oxygens (including phenoxy) is 2. The number of nitrogens with one attached hydrogen (secondary N) is 1. The van der Waals surface area contributed by atoms with Crippen molar-refractivity contribution in [1.29, 1.82) is 0 Å². The fourth-order valence-electron chi connectivity index (χ4n) is 8.40. The van der Waals surface area contributed by atoms with Crippen LogP contribution in [0, 0.1) is 23.2 Å². The maximum absolute atomic E-state index is 6.16. The molecule has 0 unspecified atom stereocenters. The summed E-state index contributed by atoms with van der Waals surface area (Å²) in [6, 6.07) is 16.5. The lowest BCUT2D eigenvalue weighted by Crippen LogP contribution is -2.49. The van der Waals surface area contributed by atoms with E-state index in [1.807, 2.05) is 24.3 Å². The highest BCUT2D eigenvalue weighted by Crippen LogP contribution is 2.60. The molecular formula is C33H40N4O2. The first-order valence-corrected chi connectivity index (χ1v) is 14.8. The minimum atomic E-state index is 0.502. The number of nitrogens with zero attached hydrogens (tertiary/aromatic N) is 3. The van der Waals surface area contributed by atoms with Crippen molar-refractivity contribution < 1.29 is 9.47 Å². The van der Waals surface area contributed by atoms with Crippen molar-refractivity contribution in [2.24, 2.45) is 23.2 Å². The van der Waals surface area contributed by atoms with E-state index in [2.05, 4.69) is 34.5 Å². The highest BCUT2D eigenvalue weighted by molar-refractivity contribution is 5.48. The summed E-state index contributed by atoms with van der Waals surface area (Å²) in [4.78, 5) is 11.9. The molecule has 4 bridgehead atoms. The largest absolute Gasteiger partial charge is 0.493 e. The lowest BCUT2D eigenvalue weighted by Gasteiger charge is -2.57. The van der Waals surface area contributed by atoms with Crippen molar-refractivity contribution in [2.45, 2.75) is 64.6 Å². The molecule has 0 spiro atoms. The highest BCUT2D eigenvalue weighted by Gasteiger charge is 2.50. The van der Waals surface area contributed by atoms with Crippen molar-refractivity contribution in [3.05, 3.63) is 77.2 Å². The Labute approximate surface area is 232 Å². The van der Waals surface area contributed by atoms with Crippen LogP contribution in [0.4, 0.5) is 5.82 Å². The Kier molecular flexibility index (Phi) is 6.67. The zero-order valence-electron chi connectivity index (χ0n) is 23.1. The normalized spacial score (nSPS) is 27.3. The van der Waals surface area contributed by atoms with Crippen LogP contribution >= 0.6 is 0 Å². The van der Waals surface area contributed by atoms with Crippen molar-refractivity contribution >= 4 is 5.82 Å². The van der Waals surface area contributed by atoms with Gasteiger partial charge in [-0.05, 0) is 91.4 Å². The molecular weight excluding hydrogens is 484 g/mol. The second-order valence-electron chi connectivity index (χ2n) is 12.6. The summed E-state index contributed by atoms with van der Waals surface area (Å²) in [5.41, 5.74) is 5.35. The predicted octanol–water partition coefficient (Wildman–Crippen LogP) is 6.25. The summed E-state index contributed by atoms with van der Waals surface area (Å²) in [6.45, 7) is 4.30. The topological polar surface area (TPSA) is 59.5 Å². The molecule has 2 aromatic carbocycles. The van der Waals surface area contributed by atoms with Gasteiger partial charge < -0.3 is 14.8 Å². The SMILES string of the molecule is COc1ccc(CN2CCc3c(ncnc3NCC34CC5CC(CC(C5)C3)C4)C2)cc1OCc1ccccc1. The molecule has 1 aliphatic heterocycles. The van der Waals surface area contributed by atoms with Crippen LogP contribution in [0.25, 0.3) is 0 Å². The molecule has 4 fully saturated rings. The fraction of sp³-hybridized carbons (Fsp3) is 0.515. The van der Waals surface area contributed by atoms with E-state index in [1.54, 1.807) is 13.4 Å². The third-order valence-electron chi connectivity index (χ3n) is 9.75. The molecule has 4 aliphatic carbocycles. The Morgan fingerprint density at radius 3 is 2.44 bits per heavy atom. The standard InChI is InChI=1S/C33H40N4O2/c1-38-30-8-7-24(14-31(30)39-20-23-5-3-2-4-6-23)18-37-10-9-28-29(19-37)35-22-36-32(28)34-21-33-15-25-11-26(16-33)13-27(12-25)17-33/h2-8,14,22,25-27H,9-13,15-21H2,1H3,(H,34,35,36). The Bertz CT molecular complexity index is 1280. The second-order valence-corrected chi connectivity index (χ2v) is 12.6. The molecule has 8 rings (SSSR count). The number of hydrogen-bond acceptors (Lipinski definition) is 6. The Balaban J connectivity index is 1.00.